The maximum Gasteiger partial charge on any atom is 0.223 e. The minimum absolute atomic E-state index is 0.0160. The number of amides is 1. The van der Waals surface area contributed by atoms with Crippen LogP contribution in [0.5, 0.6) is 5.75 Å². The molecule has 2 aromatic carbocycles. The molecule has 0 bridgehead atoms. The van der Waals surface area contributed by atoms with Crippen LogP contribution in [0.3, 0.4) is 0 Å². The van der Waals surface area contributed by atoms with Crippen LogP contribution in [0.25, 0.3) is 0 Å². The highest BCUT2D eigenvalue weighted by Gasteiger charge is 2.04. The second kappa shape index (κ2) is 9.97. The smallest absolute Gasteiger partial charge is 0.223 e. The van der Waals surface area contributed by atoms with E-state index in [1.165, 1.54) is 11.1 Å². The zero-order valence-electron chi connectivity index (χ0n) is 16.2. The first-order valence-electron chi connectivity index (χ1n) is 9.10. The molecule has 0 heterocycles. The summed E-state index contributed by atoms with van der Waals surface area (Å²) in [5, 5.41) is 2.94. The van der Waals surface area contributed by atoms with Crippen LogP contribution in [0.4, 0.5) is 0 Å². The molecule has 2 aromatic rings. The average Bonchev–Trinajstić information content (AvgIpc) is 2.61. The topological polar surface area (TPSA) is 47.6 Å². The number of benzene rings is 2. The van der Waals surface area contributed by atoms with E-state index < -0.39 is 0 Å². The van der Waals surface area contributed by atoms with Gasteiger partial charge in [-0.2, -0.15) is 0 Å². The first-order valence-corrected chi connectivity index (χ1v) is 9.10. The number of ether oxygens (including phenoxy) is 2. The van der Waals surface area contributed by atoms with Gasteiger partial charge in [-0.05, 0) is 62.1 Å². The molecule has 26 heavy (non-hydrogen) atoms. The van der Waals surface area contributed by atoms with E-state index >= 15 is 0 Å². The van der Waals surface area contributed by atoms with E-state index in [1.54, 1.807) is 0 Å². The monoisotopic (exact) mass is 355 g/mol. The predicted molar refractivity (Wildman–Crippen MR) is 104 cm³/mol. The molecule has 0 aliphatic carbocycles. The van der Waals surface area contributed by atoms with Gasteiger partial charge in [-0.1, -0.05) is 30.3 Å². The van der Waals surface area contributed by atoms with Gasteiger partial charge in [0.05, 0.1) is 25.7 Å². The summed E-state index contributed by atoms with van der Waals surface area (Å²) in [6.45, 7) is 9.62. The Labute approximate surface area is 156 Å². The third-order valence-corrected chi connectivity index (χ3v) is 4.14. The highest BCUT2D eigenvalue weighted by Crippen LogP contribution is 2.16. The van der Waals surface area contributed by atoms with Crippen LogP contribution in [-0.2, 0) is 22.7 Å². The molecule has 1 amide bonds. The average molecular weight is 355 g/mol. The highest BCUT2D eigenvalue weighted by molar-refractivity contribution is 5.76. The largest absolute Gasteiger partial charge is 0.493 e. The van der Waals surface area contributed by atoms with E-state index in [1.807, 2.05) is 50.2 Å². The molecule has 0 saturated carbocycles. The van der Waals surface area contributed by atoms with Gasteiger partial charge in [0.2, 0.25) is 5.91 Å². The Balaban J connectivity index is 1.73. The van der Waals surface area contributed by atoms with Crippen LogP contribution in [-0.4, -0.2) is 18.6 Å². The molecular formula is C22H29NO3. The SMILES string of the molecule is Cc1ccc(OCCC(=O)NCc2cccc(COC(C)C)c2)cc1C. The third-order valence-electron chi connectivity index (χ3n) is 4.14. The Bertz CT molecular complexity index is 725. The van der Waals surface area contributed by atoms with Crippen LogP contribution in [0.15, 0.2) is 42.5 Å². The highest BCUT2D eigenvalue weighted by atomic mass is 16.5. The van der Waals surface area contributed by atoms with Gasteiger partial charge in [0.1, 0.15) is 5.75 Å². The maximum absolute atomic E-state index is 12.0. The molecular weight excluding hydrogens is 326 g/mol. The molecule has 2 rings (SSSR count). The van der Waals surface area contributed by atoms with Crippen molar-refractivity contribution in [3.05, 3.63) is 64.7 Å². The van der Waals surface area contributed by atoms with Gasteiger partial charge in [0.25, 0.3) is 0 Å². The van der Waals surface area contributed by atoms with E-state index in [-0.39, 0.29) is 12.0 Å². The van der Waals surface area contributed by atoms with Gasteiger partial charge in [-0.15, -0.1) is 0 Å². The summed E-state index contributed by atoms with van der Waals surface area (Å²) < 4.78 is 11.3. The first-order chi connectivity index (χ1) is 12.4. The molecule has 4 heteroatoms. The van der Waals surface area contributed by atoms with Crippen molar-refractivity contribution in [1.29, 1.82) is 0 Å². The van der Waals surface area contributed by atoms with Gasteiger partial charge in [0, 0.05) is 6.54 Å². The van der Waals surface area contributed by atoms with Crippen molar-refractivity contribution < 1.29 is 14.3 Å². The molecule has 0 fully saturated rings. The summed E-state index contributed by atoms with van der Waals surface area (Å²) in [6, 6.07) is 14.1. The van der Waals surface area contributed by atoms with Crippen LogP contribution < -0.4 is 10.1 Å². The summed E-state index contributed by atoms with van der Waals surface area (Å²) in [5.41, 5.74) is 4.60. The summed E-state index contributed by atoms with van der Waals surface area (Å²) >= 11 is 0. The number of nitrogens with one attached hydrogen (secondary N) is 1. The number of aryl methyl sites for hydroxylation is 2. The second-order valence-electron chi connectivity index (χ2n) is 6.80. The Morgan fingerprint density at radius 2 is 1.81 bits per heavy atom. The first kappa shape index (κ1) is 20.0. The molecule has 0 spiro atoms. The number of hydrogen-bond acceptors (Lipinski definition) is 3. The van der Waals surface area contributed by atoms with Crippen molar-refractivity contribution >= 4 is 5.91 Å². The van der Waals surface area contributed by atoms with Gasteiger partial charge in [-0.25, -0.2) is 0 Å². The molecule has 140 valence electrons. The summed E-state index contributed by atoms with van der Waals surface area (Å²) in [7, 11) is 0. The van der Waals surface area contributed by atoms with E-state index in [0.29, 0.717) is 26.2 Å². The van der Waals surface area contributed by atoms with Crippen molar-refractivity contribution in [3.63, 3.8) is 0 Å². The van der Waals surface area contributed by atoms with Crippen LogP contribution in [0.2, 0.25) is 0 Å². The number of hydrogen-bond donors (Lipinski definition) is 1. The van der Waals surface area contributed by atoms with Crippen LogP contribution in [0.1, 0.15) is 42.5 Å². The lowest BCUT2D eigenvalue weighted by Crippen LogP contribution is -2.24. The van der Waals surface area contributed by atoms with E-state index in [0.717, 1.165) is 16.9 Å². The quantitative estimate of drug-likeness (QED) is 0.729. The van der Waals surface area contributed by atoms with Gasteiger partial charge in [0.15, 0.2) is 0 Å². The van der Waals surface area contributed by atoms with Gasteiger partial charge >= 0.3 is 0 Å². The minimum Gasteiger partial charge on any atom is -0.493 e. The molecule has 0 unspecified atom stereocenters. The summed E-state index contributed by atoms with van der Waals surface area (Å²) in [4.78, 5) is 12.0. The lowest BCUT2D eigenvalue weighted by Gasteiger charge is -2.10. The zero-order chi connectivity index (χ0) is 18.9. The fourth-order valence-corrected chi connectivity index (χ4v) is 2.45. The molecule has 0 atom stereocenters. The van der Waals surface area contributed by atoms with Crippen molar-refractivity contribution in [2.45, 2.75) is 53.4 Å². The normalized spacial score (nSPS) is 10.8. The zero-order valence-corrected chi connectivity index (χ0v) is 16.2. The van der Waals surface area contributed by atoms with Crippen molar-refractivity contribution in [1.82, 2.24) is 5.32 Å². The van der Waals surface area contributed by atoms with Crippen LogP contribution in [0, 0.1) is 13.8 Å². The van der Waals surface area contributed by atoms with Crippen LogP contribution >= 0.6 is 0 Å². The van der Waals surface area contributed by atoms with Gasteiger partial charge in [-0.3, -0.25) is 4.79 Å². The summed E-state index contributed by atoms with van der Waals surface area (Å²) in [6.07, 6.45) is 0.541. The molecule has 0 aliphatic rings. The number of carbonyl (C=O) groups excluding carboxylic acids is 1. The van der Waals surface area contributed by atoms with Crippen molar-refractivity contribution in [3.8, 4) is 5.75 Å². The molecule has 4 nitrogen and oxygen atoms in total. The standard InChI is InChI=1S/C22H29NO3/c1-16(2)26-15-20-7-5-6-19(13-20)14-23-22(24)10-11-25-21-9-8-17(3)18(4)12-21/h5-9,12-13,16H,10-11,14-15H2,1-4H3,(H,23,24). The lowest BCUT2D eigenvalue weighted by atomic mass is 10.1. The Morgan fingerprint density at radius 1 is 1.04 bits per heavy atom. The molecule has 0 radical (unpaired) electrons. The molecule has 0 saturated heterocycles. The second-order valence-corrected chi connectivity index (χ2v) is 6.80. The third kappa shape index (κ3) is 6.89. The fourth-order valence-electron chi connectivity index (χ4n) is 2.45. The Morgan fingerprint density at radius 3 is 2.54 bits per heavy atom. The molecule has 0 aromatic heterocycles. The van der Waals surface area contributed by atoms with Crippen molar-refractivity contribution in [2.24, 2.45) is 0 Å². The van der Waals surface area contributed by atoms with E-state index in [9.17, 15) is 4.79 Å². The van der Waals surface area contributed by atoms with E-state index in [4.69, 9.17) is 9.47 Å². The predicted octanol–water partition coefficient (Wildman–Crippen LogP) is 4.31. The number of rotatable bonds is 9. The Hall–Kier alpha value is -2.33. The lowest BCUT2D eigenvalue weighted by molar-refractivity contribution is -0.121. The minimum atomic E-state index is -0.0160. The molecule has 0 aliphatic heterocycles. The summed E-state index contributed by atoms with van der Waals surface area (Å²) in [5.74, 6) is 0.788. The fraction of sp³-hybridized carbons (Fsp3) is 0.409. The van der Waals surface area contributed by atoms with E-state index in [2.05, 4.69) is 25.2 Å². The number of carbonyl (C=O) groups is 1. The van der Waals surface area contributed by atoms with Gasteiger partial charge < -0.3 is 14.8 Å². The van der Waals surface area contributed by atoms with Crippen molar-refractivity contribution in [2.75, 3.05) is 6.61 Å². The molecule has 1 N–H and O–H groups in total. The maximum atomic E-state index is 12.0. The Kier molecular flexibility index (Phi) is 7.67.